The highest BCUT2D eigenvalue weighted by Crippen LogP contribution is 2.20. The van der Waals surface area contributed by atoms with E-state index in [1.807, 2.05) is 6.92 Å². The van der Waals surface area contributed by atoms with Gasteiger partial charge in [0.15, 0.2) is 0 Å². The minimum Gasteiger partial charge on any atom is -0.398 e. The molecule has 2 aromatic rings. The van der Waals surface area contributed by atoms with Crippen LogP contribution in [0.1, 0.15) is 20.9 Å². The third-order valence-electron chi connectivity index (χ3n) is 2.52. The average Bonchev–Trinajstić information content (AvgIpc) is 2.75. The van der Waals surface area contributed by atoms with Crippen LogP contribution in [0.25, 0.3) is 0 Å². The van der Waals surface area contributed by atoms with Crippen molar-refractivity contribution in [1.82, 2.24) is 10.3 Å². The summed E-state index contributed by atoms with van der Waals surface area (Å²) in [6.07, 6.45) is 0. The zero-order valence-electron chi connectivity index (χ0n) is 9.74. The van der Waals surface area contributed by atoms with E-state index in [0.717, 1.165) is 15.0 Å². The number of amides is 1. The second kappa shape index (κ2) is 5.49. The molecule has 0 atom stereocenters. The second-order valence-corrected chi connectivity index (χ2v) is 5.57. The van der Waals surface area contributed by atoms with Crippen molar-refractivity contribution in [3.05, 3.63) is 44.3 Å². The number of hydrogen-bond acceptors (Lipinski definition) is 4. The van der Waals surface area contributed by atoms with Crippen molar-refractivity contribution in [3.63, 3.8) is 0 Å². The van der Waals surface area contributed by atoms with Gasteiger partial charge in [-0.1, -0.05) is 0 Å². The molecular weight excluding hydrogens is 314 g/mol. The fourth-order valence-electron chi connectivity index (χ4n) is 1.43. The van der Waals surface area contributed by atoms with Crippen LogP contribution in [0.5, 0.6) is 0 Å². The fraction of sp³-hybridized carbons (Fsp3) is 0.167. The Hall–Kier alpha value is -1.40. The second-order valence-electron chi connectivity index (χ2n) is 3.78. The topological polar surface area (TPSA) is 68.0 Å². The van der Waals surface area contributed by atoms with Gasteiger partial charge in [0.05, 0.1) is 17.7 Å². The lowest BCUT2D eigenvalue weighted by Gasteiger charge is -2.06. The molecule has 0 aliphatic rings. The molecule has 1 aromatic heterocycles. The summed E-state index contributed by atoms with van der Waals surface area (Å²) in [4.78, 5) is 17.1. The Morgan fingerprint density at radius 1 is 1.56 bits per heavy atom. The van der Waals surface area contributed by atoms with E-state index in [1.165, 1.54) is 11.3 Å². The summed E-state index contributed by atoms with van der Waals surface area (Å²) >= 11 is 4.84. The summed E-state index contributed by atoms with van der Waals surface area (Å²) in [6.45, 7) is 2.43. The lowest BCUT2D eigenvalue weighted by Crippen LogP contribution is -2.22. The molecule has 2 rings (SSSR count). The molecule has 18 heavy (non-hydrogen) atoms. The van der Waals surface area contributed by atoms with E-state index in [9.17, 15) is 4.79 Å². The Morgan fingerprint density at radius 3 is 2.94 bits per heavy atom. The van der Waals surface area contributed by atoms with Gasteiger partial charge in [0.25, 0.3) is 5.91 Å². The highest BCUT2D eigenvalue weighted by molar-refractivity contribution is 9.10. The Labute approximate surface area is 117 Å². The number of carbonyl (C=O) groups excluding carboxylic acids is 1. The predicted octanol–water partition coefficient (Wildman–Crippen LogP) is 2.73. The summed E-state index contributed by atoms with van der Waals surface area (Å²) in [5.41, 5.74) is 9.60. The lowest BCUT2D eigenvalue weighted by molar-refractivity contribution is 0.0951. The van der Waals surface area contributed by atoms with Gasteiger partial charge in [-0.25, -0.2) is 4.98 Å². The van der Waals surface area contributed by atoms with Crippen molar-refractivity contribution >= 4 is 38.9 Å². The molecule has 1 amide bonds. The molecule has 6 heteroatoms. The van der Waals surface area contributed by atoms with Gasteiger partial charge in [-0.3, -0.25) is 4.79 Å². The first-order valence-electron chi connectivity index (χ1n) is 5.30. The van der Waals surface area contributed by atoms with Crippen LogP contribution >= 0.6 is 27.3 Å². The van der Waals surface area contributed by atoms with Crippen LogP contribution in [0.3, 0.4) is 0 Å². The van der Waals surface area contributed by atoms with Crippen molar-refractivity contribution in [2.75, 3.05) is 5.73 Å². The zero-order chi connectivity index (χ0) is 13.1. The van der Waals surface area contributed by atoms with Crippen molar-refractivity contribution in [2.45, 2.75) is 13.5 Å². The lowest BCUT2D eigenvalue weighted by atomic mass is 10.2. The minimum atomic E-state index is -0.122. The van der Waals surface area contributed by atoms with E-state index in [2.05, 4.69) is 26.2 Å². The number of nitrogens with zero attached hydrogens (tertiary/aromatic N) is 1. The first kappa shape index (κ1) is 13.0. The maximum Gasteiger partial charge on any atom is 0.251 e. The van der Waals surface area contributed by atoms with Crippen molar-refractivity contribution in [3.8, 4) is 0 Å². The number of nitrogens with one attached hydrogen (secondary N) is 1. The summed E-state index contributed by atoms with van der Waals surface area (Å²) in [5, 5.41) is 2.86. The van der Waals surface area contributed by atoms with Crippen molar-refractivity contribution in [2.24, 2.45) is 0 Å². The Kier molecular flexibility index (Phi) is 3.98. The fourth-order valence-corrected chi connectivity index (χ4v) is 2.52. The van der Waals surface area contributed by atoms with Gasteiger partial charge in [-0.05, 0) is 41.1 Å². The molecule has 94 valence electrons. The van der Waals surface area contributed by atoms with Crippen molar-refractivity contribution in [1.29, 1.82) is 0 Å². The number of hydrogen-bond donors (Lipinski definition) is 2. The Morgan fingerprint density at radius 2 is 2.33 bits per heavy atom. The zero-order valence-corrected chi connectivity index (χ0v) is 12.1. The Balaban J connectivity index is 2.04. The van der Waals surface area contributed by atoms with Gasteiger partial charge in [0.2, 0.25) is 0 Å². The van der Waals surface area contributed by atoms with Crippen LogP contribution in [-0.2, 0) is 6.54 Å². The highest BCUT2D eigenvalue weighted by Gasteiger charge is 2.08. The van der Waals surface area contributed by atoms with E-state index in [1.54, 1.807) is 23.7 Å². The molecule has 0 radical (unpaired) electrons. The van der Waals surface area contributed by atoms with E-state index in [4.69, 9.17) is 5.73 Å². The number of aryl methyl sites for hydroxylation is 1. The van der Waals surface area contributed by atoms with Crippen LogP contribution in [-0.4, -0.2) is 10.9 Å². The average molecular weight is 326 g/mol. The van der Waals surface area contributed by atoms with E-state index in [-0.39, 0.29) is 5.91 Å². The van der Waals surface area contributed by atoms with Crippen LogP contribution < -0.4 is 11.1 Å². The van der Waals surface area contributed by atoms with Crippen molar-refractivity contribution < 1.29 is 4.79 Å². The van der Waals surface area contributed by atoms with Gasteiger partial charge >= 0.3 is 0 Å². The first-order valence-corrected chi connectivity index (χ1v) is 6.97. The molecule has 0 spiro atoms. The molecule has 0 aliphatic carbocycles. The molecule has 0 unspecified atom stereocenters. The van der Waals surface area contributed by atoms with Gasteiger partial charge in [-0.2, -0.15) is 0 Å². The third-order valence-corrected chi connectivity index (χ3v) is 4.14. The monoisotopic (exact) mass is 325 g/mol. The molecule has 0 fully saturated rings. The van der Waals surface area contributed by atoms with Gasteiger partial charge < -0.3 is 11.1 Å². The molecule has 1 aromatic carbocycles. The van der Waals surface area contributed by atoms with Gasteiger partial charge in [0.1, 0.15) is 0 Å². The van der Waals surface area contributed by atoms with E-state index < -0.39 is 0 Å². The summed E-state index contributed by atoms with van der Waals surface area (Å²) in [7, 11) is 0. The molecule has 3 N–H and O–H groups in total. The van der Waals surface area contributed by atoms with Crippen LogP contribution in [0.15, 0.2) is 28.2 Å². The number of benzene rings is 1. The number of rotatable bonds is 3. The minimum absolute atomic E-state index is 0.122. The molecular formula is C12H12BrN3OS. The maximum absolute atomic E-state index is 11.9. The van der Waals surface area contributed by atoms with Crippen LogP contribution in [0.4, 0.5) is 5.69 Å². The van der Waals surface area contributed by atoms with Gasteiger partial charge in [-0.15, -0.1) is 11.3 Å². The smallest absolute Gasteiger partial charge is 0.251 e. The maximum atomic E-state index is 11.9. The number of nitrogens with two attached hydrogens (primary N) is 1. The summed E-state index contributed by atoms with van der Waals surface area (Å²) in [5.74, 6) is -0.122. The quantitative estimate of drug-likeness (QED) is 0.852. The third kappa shape index (κ3) is 2.88. The number of halogens is 1. The normalized spacial score (nSPS) is 10.3. The number of anilines is 1. The SMILES string of the molecule is Cc1ncsc1CNC(=O)c1ccc(N)c(Br)c1. The molecule has 0 bridgehead atoms. The molecule has 1 heterocycles. The van der Waals surface area contributed by atoms with E-state index >= 15 is 0 Å². The number of thiazole rings is 1. The largest absolute Gasteiger partial charge is 0.398 e. The number of carbonyl (C=O) groups is 1. The van der Waals surface area contributed by atoms with Crippen LogP contribution in [0.2, 0.25) is 0 Å². The molecule has 4 nitrogen and oxygen atoms in total. The standard InChI is InChI=1S/C12H12BrN3OS/c1-7-11(18-6-16-7)5-15-12(17)8-2-3-10(14)9(13)4-8/h2-4,6H,5,14H2,1H3,(H,15,17). The van der Waals surface area contributed by atoms with Gasteiger partial charge in [0, 0.05) is 20.6 Å². The molecule has 0 saturated heterocycles. The predicted molar refractivity (Wildman–Crippen MR) is 76.6 cm³/mol. The van der Waals surface area contributed by atoms with E-state index in [0.29, 0.717) is 17.8 Å². The molecule has 0 saturated carbocycles. The van der Waals surface area contributed by atoms with Crippen LogP contribution in [0, 0.1) is 6.92 Å². The number of nitrogen functional groups attached to an aromatic ring is 1. The highest BCUT2D eigenvalue weighted by atomic mass is 79.9. The molecule has 0 aliphatic heterocycles. The number of aromatic nitrogens is 1. The summed E-state index contributed by atoms with van der Waals surface area (Å²) in [6, 6.07) is 5.12. The first-order chi connectivity index (χ1) is 8.58. The Bertz CT molecular complexity index is 582. The summed E-state index contributed by atoms with van der Waals surface area (Å²) < 4.78 is 0.726.